The van der Waals surface area contributed by atoms with Gasteiger partial charge in [0.2, 0.25) is 0 Å². The van der Waals surface area contributed by atoms with E-state index >= 15 is 0 Å². The molecule has 3 bridgehead atoms. The average molecular weight is 420 g/mol. The molecule has 5 aliphatic rings. The third kappa shape index (κ3) is 2.64. The molecule has 3 heterocycles. The van der Waals surface area contributed by atoms with Crippen LogP contribution in [0.25, 0.3) is 5.65 Å². The van der Waals surface area contributed by atoms with Gasteiger partial charge < -0.3 is 10.6 Å². The zero-order valence-electron chi connectivity index (χ0n) is 18.3. The smallest absolute Gasteiger partial charge is 0.268 e. The van der Waals surface area contributed by atoms with Crippen molar-refractivity contribution in [3.8, 4) is 0 Å². The van der Waals surface area contributed by atoms with Crippen LogP contribution in [-0.2, 0) is 6.54 Å². The van der Waals surface area contributed by atoms with Crippen LogP contribution in [0.4, 0.5) is 0 Å². The summed E-state index contributed by atoms with van der Waals surface area (Å²) in [5.74, 6) is 2.92. The van der Waals surface area contributed by atoms with Crippen LogP contribution in [0.1, 0.15) is 54.7 Å². The Labute approximate surface area is 183 Å². The van der Waals surface area contributed by atoms with Gasteiger partial charge in [0.15, 0.2) is 0 Å². The van der Waals surface area contributed by atoms with Gasteiger partial charge >= 0.3 is 0 Å². The summed E-state index contributed by atoms with van der Waals surface area (Å²) in [6.07, 6.45) is 10.6. The van der Waals surface area contributed by atoms with Crippen molar-refractivity contribution in [1.82, 2.24) is 24.9 Å². The van der Waals surface area contributed by atoms with E-state index in [4.69, 9.17) is 4.98 Å². The van der Waals surface area contributed by atoms with Crippen molar-refractivity contribution in [2.75, 3.05) is 32.7 Å². The summed E-state index contributed by atoms with van der Waals surface area (Å²) in [4.78, 5) is 20.5. The quantitative estimate of drug-likeness (QED) is 0.782. The van der Waals surface area contributed by atoms with Crippen molar-refractivity contribution in [2.45, 2.75) is 45.1 Å². The molecule has 5 atom stereocenters. The van der Waals surface area contributed by atoms with Crippen LogP contribution in [0.2, 0.25) is 0 Å². The minimum absolute atomic E-state index is 0.0574. The first kappa shape index (κ1) is 18.6. The first-order valence-corrected chi connectivity index (χ1v) is 12.3. The predicted molar refractivity (Wildman–Crippen MR) is 119 cm³/mol. The average Bonchev–Trinajstić information content (AvgIpc) is 3.33. The van der Waals surface area contributed by atoms with Crippen molar-refractivity contribution in [3.05, 3.63) is 35.8 Å². The zero-order chi connectivity index (χ0) is 20.6. The molecule has 5 unspecified atom stereocenters. The Bertz CT molecular complexity index is 1040. The lowest BCUT2D eigenvalue weighted by molar-refractivity contribution is -0.0960. The Balaban J connectivity index is 1.09. The molecule has 164 valence electrons. The van der Waals surface area contributed by atoms with Gasteiger partial charge in [0.05, 0.1) is 5.69 Å². The number of nitrogens with zero attached hydrogens (tertiary/aromatic N) is 3. The molecule has 2 aromatic rings. The summed E-state index contributed by atoms with van der Waals surface area (Å²) >= 11 is 0. The minimum Gasteiger partial charge on any atom is -0.350 e. The number of carbonyl (C=O) groups excluding carboxylic acids is 1. The Morgan fingerprint density at radius 1 is 1.13 bits per heavy atom. The molecule has 7 rings (SSSR count). The Morgan fingerprint density at radius 2 is 2.00 bits per heavy atom. The number of hydrogen-bond acceptors (Lipinski definition) is 4. The van der Waals surface area contributed by atoms with E-state index < -0.39 is 0 Å². The molecular formula is C25H33N5O. The third-order valence-corrected chi connectivity index (χ3v) is 9.70. The van der Waals surface area contributed by atoms with Crippen molar-refractivity contribution < 1.29 is 4.79 Å². The van der Waals surface area contributed by atoms with Crippen molar-refractivity contribution in [1.29, 1.82) is 0 Å². The number of amides is 1. The van der Waals surface area contributed by atoms with E-state index in [1.165, 1.54) is 38.5 Å². The summed E-state index contributed by atoms with van der Waals surface area (Å²) in [6, 6.07) is 5.91. The second kappa shape index (κ2) is 6.55. The number of piperazine rings is 1. The molecule has 1 saturated heterocycles. The predicted octanol–water partition coefficient (Wildman–Crippen LogP) is 2.69. The lowest BCUT2D eigenvalue weighted by Crippen LogP contribution is -2.57. The molecule has 6 heteroatoms. The number of fused-ring (bicyclic) bond motifs is 3. The number of imidazole rings is 1. The first-order chi connectivity index (χ1) is 15.1. The molecule has 1 spiro atoms. The van der Waals surface area contributed by atoms with E-state index in [1.54, 1.807) is 0 Å². The number of aromatic nitrogens is 2. The highest BCUT2D eigenvalue weighted by Gasteiger charge is 2.73. The molecule has 5 fully saturated rings. The summed E-state index contributed by atoms with van der Waals surface area (Å²) in [5, 5.41) is 6.78. The molecular weight excluding hydrogens is 386 g/mol. The van der Waals surface area contributed by atoms with Crippen LogP contribution in [0.3, 0.4) is 0 Å². The lowest BCUT2D eigenvalue weighted by atomic mass is 9.46. The molecule has 31 heavy (non-hydrogen) atoms. The number of hydrogen-bond donors (Lipinski definition) is 2. The standard InChI is InChI=1S/C25H33N5O/c31-23(27-16-24-10-18-8-17-9-19(13-24)25(24,11-17)12-18)21-2-1-3-22-28-20(15-30(21)22)14-29-6-4-26-5-7-29/h1-3,15,17-19,26H,4-14,16H2,(H,27,31). The van der Waals surface area contributed by atoms with Gasteiger partial charge in [-0.1, -0.05) is 6.07 Å². The van der Waals surface area contributed by atoms with Gasteiger partial charge in [0.1, 0.15) is 11.3 Å². The Morgan fingerprint density at radius 3 is 2.90 bits per heavy atom. The molecule has 2 N–H and O–H groups in total. The van der Waals surface area contributed by atoms with Crippen LogP contribution in [-0.4, -0.2) is 52.9 Å². The maximum atomic E-state index is 13.3. The highest BCUT2D eigenvalue weighted by molar-refractivity contribution is 5.93. The fourth-order valence-electron chi connectivity index (χ4n) is 8.66. The minimum atomic E-state index is 0.0574. The van der Waals surface area contributed by atoms with Crippen LogP contribution < -0.4 is 10.6 Å². The zero-order valence-corrected chi connectivity index (χ0v) is 18.3. The Hall–Kier alpha value is -1.92. The van der Waals surface area contributed by atoms with Crippen molar-refractivity contribution in [2.24, 2.45) is 28.6 Å². The van der Waals surface area contributed by atoms with E-state index in [9.17, 15) is 4.79 Å². The summed E-state index contributed by atoms with van der Waals surface area (Å²) in [5.41, 5.74) is 3.59. The SMILES string of the molecule is O=C(NCC12CC3CC4CC(C1)C2(C4)C3)c1cccc2nc(CN3CCNCC3)cn12. The molecule has 1 aliphatic heterocycles. The van der Waals surface area contributed by atoms with Gasteiger partial charge in [0.25, 0.3) is 5.91 Å². The second-order valence-corrected chi connectivity index (χ2v) is 11.2. The lowest BCUT2D eigenvalue weighted by Gasteiger charge is -2.59. The molecule has 6 nitrogen and oxygen atoms in total. The fourth-order valence-corrected chi connectivity index (χ4v) is 8.66. The van der Waals surface area contributed by atoms with E-state index in [0.717, 1.165) is 68.4 Å². The first-order valence-electron chi connectivity index (χ1n) is 12.3. The number of pyridine rings is 1. The summed E-state index contributed by atoms with van der Waals surface area (Å²) in [7, 11) is 0. The molecule has 1 amide bonds. The second-order valence-electron chi connectivity index (χ2n) is 11.2. The van der Waals surface area contributed by atoms with E-state index in [1.807, 2.05) is 22.6 Å². The van der Waals surface area contributed by atoms with E-state index in [-0.39, 0.29) is 5.91 Å². The summed E-state index contributed by atoms with van der Waals surface area (Å²) in [6.45, 7) is 5.88. The highest BCUT2D eigenvalue weighted by Crippen LogP contribution is 2.80. The van der Waals surface area contributed by atoms with Gasteiger partial charge in [0, 0.05) is 45.5 Å². The number of nitrogens with one attached hydrogen (secondary N) is 2. The van der Waals surface area contributed by atoms with Crippen LogP contribution >= 0.6 is 0 Å². The van der Waals surface area contributed by atoms with E-state index in [2.05, 4.69) is 21.7 Å². The molecule has 4 saturated carbocycles. The topological polar surface area (TPSA) is 61.7 Å². The van der Waals surface area contributed by atoms with Crippen LogP contribution in [0, 0.1) is 28.6 Å². The van der Waals surface area contributed by atoms with Gasteiger partial charge in [-0.15, -0.1) is 0 Å². The largest absolute Gasteiger partial charge is 0.350 e. The fraction of sp³-hybridized carbons (Fsp3) is 0.680. The van der Waals surface area contributed by atoms with Gasteiger partial charge in [-0.3, -0.25) is 14.1 Å². The van der Waals surface area contributed by atoms with Crippen molar-refractivity contribution in [3.63, 3.8) is 0 Å². The third-order valence-electron chi connectivity index (χ3n) is 9.70. The Kier molecular flexibility index (Phi) is 3.94. The molecule has 4 aliphatic carbocycles. The van der Waals surface area contributed by atoms with Gasteiger partial charge in [-0.25, -0.2) is 4.98 Å². The monoisotopic (exact) mass is 419 g/mol. The normalized spacial score (nSPS) is 38.4. The van der Waals surface area contributed by atoms with E-state index in [0.29, 0.717) is 16.5 Å². The highest BCUT2D eigenvalue weighted by atomic mass is 16.1. The molecule has 0 radical (unpaired) electrons. The van der Waals surface area contributed by atoms with Crippen molar-refractivity contribution >= 4 is 11.6 Å². The molecule has 0 aromatic carbocycles. The number of rotatable bonds is 5. The summed E-state index contributed by atoms with van der Waals surface area (Å²) < 4.78 is 1.99. The van der Waals surface area contributed by atoms with Crippen LogP contribution in [0.5, 0.6) is 0 Å². The maximum absolute atomic E-state index is 13.3. The molecule has 2 aromatic heterocycles. The van der Waals surface area contributed by atoms with Crippen LogP contribution in [0.15, 0.2) is 24.4 Å². The number of carbonyl (C=O) groups is 1. The van der Waals surface area contributed by atoms with Gasteiger partial charge in [-0.2, -0.15) is 0 Å². The van der Waals surface area contributed by atoms with Gasteiger partial charge in [-0.05, 0) is 79.2 Å². The maximum Gasteiger partial charge on any atom is 0.268 e.